The van der Waals surface area contributed by atoms with Gasteiger partial charge in [-0.3, -0.25) is 9.48 Å². The first-order valence-electron chi connectivity index (χ1n) is 9.82. The summed E-state index contributed by atoms with van der Waals surface area (Å²) >= 11 is 1.43. The molecule has 0 radical (unpaired) electrons. The Balaban J connectivity index is 1.62. The highest BCUT2D eigenvalue weighted by molar-refractivity contribution is 7.87. The second-order valence-electron chi connectivity index (χ2n) is 7.80. The van der Waals surface area contributed by atoms with Gasteiger partial charge in [-0.2, -0.15) is 27.8 Å². The maximum Gasteiger partial charge on any atom is 0.280 e. The fraction of sp³-hybridized carbons (Fsp3) is 0.526. The van der Waals surface area contributed by atoms with Crippen molar-refractivity contribution < 1.29 is 13.2 Å². The molecule has 1 aliphatic heterocycles. The minimum atomic E-state index is -3.85. The number of nitrogens with one attached hydrogen (secondary N) is 2. The molecule has 160 valence electrons. The number of carbonyl (C=O) groups excluding carboxylic acids is 1. The molecular weight excluding hydrogens is 424 g/mol. The lowest BCUT2D eigenvalue weighted by Crippen LogP contribution is -2.56. The van der Waals surface area contributed by atoms with Crippen molar-refractivity contribution in [2.75, 3.05) is 12.4 Å². The number of hydrogen-bond donors (Lipinski definition) is 2. The minimum Gasteiger partial charge on any atom is -0.315 e. The molecule has 30 heavy (non-hydrogen) atoms. The zero-order valence-electron chi connectivity index (χ0n) is 17.1. The van der Waals surface area contributed by atoms with E-state index in [9.17, 15) is 18.5 Å². The van der Waals surface area contributed by atoms with Crippen molar-refractivity contribution in [3.63, 3.8) is 0 Å². The number of likely N-dealkylation sites (N-methyl/N-ethyl adjacent to an activating group) is 1. The Morgan fingerprint density at radius 1 is 1.37 bits per heavy atom. The first-order chi connectivity index (χ1) is 14.2. The van der Waals surface area contributed by atoms with E-state index in [4.69, 9.17) is 0 Å². The summed E-state index contributed by atoms with van der Waals surface area (Å²) in [7, 11) is -0.684. The Morgan fingerprint density at radius 2 is 2.10 bits per heavy atom. The molecule has 1 fully saturated rings. The number of rotatable bonds is 3. The Morgan fingerprint density at radius 3 is 2.77 bits per heavy atom. The van der Waals surface area contributed by atoms with E-state index in [2.05, 4.69) is 21.2 Å². The number of nitriles is 1. The third-order valence-corrected chi connectivity index (χ3v) is 8.62. The normalized spacial score (nSPS) is 23.5. The number of anilines is 1. The highest BCUT2D eigenvalue weighted by Gasteiger charge is 2.41. The van der Waals surface area contributed by atoms with Gasteiger partial charge in [0.05, 0.1) is 17.3 Å². The summed E-state index contributed by atoms with van der Waals surface area (Å²) in [5, 5.41) is 17.3. The zero-order valence-corrected chi connectivity index (χ0v) is 18.7. The highest BCUT2D eigenvalue weighted by Crippen LogP contribution is 2.38. The topological polar surface area (TPSA) is 120 Å². The highest BCUT2D eigenvalue weighted by atomic mass is 32.2. The number of carbonyl (C=O) groups is 1. The minimum absolute atomic E-state index is 0.265. The van der Waals surface area contributed by atoms with E-state index in [-0.39, 0.29) is 6.42 Å². The number of thiophene rings is 1. The van der Waals surface area contributed by atoms with E-state index in [1.165, 1.54) is 18.4 Å². The smallest absolute Gasteiger partial charge is 0.280 e. The summed E-state index contributed by atoms with van der Waals surface area (Å²) in [6, 6.07) is 0.775. The molecule has 0 spiro atoms. The average Bonchev–Trinajstić information content (AvgIpc) is 3.21. The summed E-state index contributed by atoms with van der Waals surface area (Å²) in [5.74, 6) is -0.427. The van der Waals surface area contributed by atoms with Gasteiger partial charge in [0.1, 0.15) is 17.1 Å². The number of aromatic nitrogens is 2. The molecule has 0 bridgehead atoms. The first-order valence-corrected chi connectivity index (χ1v) is 12.1. The SMILES string of the molecule is Cc1nn(C)cc1[C@H]1C[C@@H](C(=O)Nc2sc3c(c2C#N)CCCC3)N(C)S(=O)(=O)N1. The van der Waals surface area contributed by atoms with E-state index >= 15 is 0 Å². The quantitative estimate of drug-likeness (QED) is 0.741. The van der Waals surface area contributed by atoms with Gasteiger partial charge in [0.2, 0.25) is 5.91 Å². The lowest BCUT2D eigenvalue weighted by Gasteiger charge is -2.35. The molecule has 3 heterocycles. The molecule has 0 unspecified atom stereocenters. The van der Waals surface area contributed by atoms with Gasteiger partial charge in [-0.05, 0) is 44.6 Å². The third-order valence-electron chi connectivity index (χ3n) is 5.82. The van der Waals surface area contributed by atoms with Crippen LogP contribution in [0.15, 0.2) is 6.20 Å². The standard InChI is InChI=1S/C19H24N6O3S2/c1-11-14(10-24(2)22-11)15-8-16(25(3)30(27,28)23-15)18(26)21-19-13(9-20)12-6-4-5-7-17(12)29-19/h10,15-16,23H,4-8H2,1-3H3,(H,21,26)/t15-,16+/m1/s1. The lowest BCUT2D eigenvalue weighted by molar-refractivity contribution is -0.120. The van der Waals surface area contributed by atoms with Crippen molar-refractivity contribution in [3.05, 3.63) is 33.5 Å². The molecule has 1 aliphatic carbocycles. The number of aryl methyl sites for hydroxylation is 3. The summed E-state index contributed by atoms with van der Waals surface area (Å²) in [5.41, 5.74) is 3.00. The van der Waals surface area contributed by atoms with Gasteiger partial charge in [0, 0.05) is 30.7 Å². The van der Waals surface area contributed by atoms with Crippen LogP contribution in [0, 0.1) is 18.3 Å². The Bertz CT molecular complexity index is 1140. The molecule has 2 aromatic rings. The summed E-state index contributed by atoms with van der Waals surface area (Å²) < 4.78 is 30.7. The van der Waals surface area contributed by atoms with Crippen LogP contribution in [0.1, 0.15) is 52.6 Å². The largest absolute Gasteiger partial charge is 0.315 e. The molecule has 2 N–H and O–H groups in total. The van der Waals surface area contributed by atoms with Gasteiger partial charge in [-0.15, -0.1) is 11.3 Å². The van der Waals surface area contributed by atoms with Crippen molar-refractivity contribution in [1.29, 1.82) is 5.26 Å². The number of amides is 1. The first kappa shape index (κ1) is 21.0. The molecule has 2 aromatic heterocycles. The van der Waals surface area contributed by atoms with Crippen LogP contribution in [-0.4, -0.2) is 41.5 Å². The van der Waals surface area contributed by atoms with Crippen LogP contribution < -0.4 is 10.0 Å². The molecule has 9 nitrogen and oxygen atoms in total. The molecule has 11 heteroatoms. The average molecular weight is 449 g/mol. The molecule has 4 rings (SSSR count). The van der Waals surface area contributed by atoms with Crippen LogP contribution in [0.5, 0.6) is 0 Å². The summed E-state index contributed by atoms with van der Waals surface area (Å²) in [6.07, 6.45) is 5.90. The monoisotopic (exact) mass is 448 g/mol. The zero-order chi connectivity index (χ0) is 21.6. The van der Waals surface area contributed by atoms with Gasteiger partial charge in [0.25, 0.3) is 10.2 Å². The van der Waals surface area contributed by atoms with Gasteiger partial charge in [-0.25, -0.2) is 0 Å². The van der Waals surface area contributed by atoms with E-state index < -0.39 is 28.2 Å². The maximum atomic E-state index is 13.1. The van der Waals surface area contributed by atoms with Gasteiger partial charge in [-0.1, -0.05) is 0 Å². The van der Waals surface area contributed by atoms with E-state index in [0.29, 0.717) is 16.3 Å². The van der Waals surface area contributed by atoms with Crippen molar-refractivity contribution in [1.82, 2.24) is 18.8 Å². The van der Waals surface area contributed by atoms with Crippen molar-refractivity contribution >= 4 is 32.5 Å². The Labute approximate surface area is 179 Å². The van der Waals surface area contributed by atoms with Crippen LogP contribution >= 0.6 is 11.3 Å². The van der Waals surface area contributed by atoms with Crippen LogP contribution in [0.25, 0.3) is 0 Å². The molecule has 1 saturated heterocycles. The van der Waals surface area contributed by atoms with Gasteiger partial charge < -0.3 is 5.32 Å². The second kappa shape index (κ2) is 7.77. The lowest BCUT2D eigenvalue weighted by atomic mass is 9.96. The van der Waals surface area contributed by atoms with Gasteiger partial charge in [0.15, 0.2) is 0 Å². The Kier molecular flexibility index (Phi) is 5.44. The van der Waals surface area contributed by atoms with Crippen LogP contribution in [0.4, 0.5) is 5.00 Å². The molecule has 0 aromatic carbocycles. The van der Waals surface area contributed by atoms with Crippen LogP contribution in [0.2, 0.25) is 0 Å². The third kappa shape index (κ3) is 3.65. The number of hydrogen-bond acceptors (Lipinski definition) is 6. The predicted molar refractivity (Wildman–Crippen MR) is 113 cm³/mol. The second-order valence-corrected chi connectivity index (χ2v) is 10.7. The molecular formula is C19H24N6O3S2. The van der Waals surface area contributed by atoms with Gasteiger partial charge >= 0.3 is 0 Å². The molecule has 2 aliphatic rings. The fourth-order valence-electron chi connectivity index (χ4n) is 4.24. The van der Waals surface area contributed by atoms with E-state index in [1.807, 2.05) is 6.92 Å². The van der Waals surface area contributed by atoms with Crippen LogP contribution in [0.3, 0.4) is 0 Å². The van der Waals surface area contributed by atoms with Crippen molar-refractivity contribution in [2.24, 2.45) is 7.05 Å². The predicted octanol–water partition coefficient (Wildman–Crippen LogP) is 1.76. The summed E-state index contributed by atoms with van der Waals surface area (Å²) in [4.78, 5) is 14.3. The van der Waals surface area contributed by atoms with Crippen molar-refractivity contribution in [2.45, 2.75) is 51.1 Å². The van der Waals surface area contributed by atoms with Crippen molar-refractivity contribution in [3.8, 4) is 6.07 Å². The Hall–Kier alpha value is -2.26. The van der Waals surface area contributed by atoms with Crippen LogP contribution in [-0.2, 0) is 34.9 Å². The maximum absolute atomic E-state index is 13.1. The molecule has 1 amide bonds. The molecule has 2 atom stereocenters. The summed E-state index contributed by atoms with van der Waals surface area (Å²) in [6.45, 7) is 1.81. The van der Waals surface area contributed by atoms with E-state index in [1.54, 1.807) is 17.9 Å². The number of nitrogens with zero attached hydrogens (tertiary/aromatic N) is 4. The van der Waals surface area contributed by atoms with E-state index in [0.717, 1.165) is 46.0 Å². The molecule has 0 saturated carbocycles. The fourth-order valence-corrected chi connectivity index (χ4v) is 6.75. The number of fused-ring (bicyclic) bond motifs is 1.